The van der Waals surface area contributed by atoms with E-state index in [9.17, 15) is 9.90 Å². The predicted molar refractivity (Wildman–Crippen MR) is 82.9 cm³/mol. The molecule has 0 aromatic heterocycles. The first-order valence-electron chi connectivity index (χ1n) is 6.66. The van der Waals surface area contributed by atoms with Crippen LogP contribution in [0.3, 0.4) is 0 Å². The molecule has 0 amide bonds. The molecule has 0 saturated carbocycles. The van der Waals surface area contributed by atoms with Gasteiger partial charge in [-0.3, -0.25) is 4.79 Å². The average Bonchev–Trinajstić information content (AvgIpc) is 2.47. The molecule has 0 fully saturated rings. The van der Waals surface area contributed by atoms with Gasteiger partial charge in [0.1, 0.15) is 0 Å². The Labute approximate surface area is 124 Å². The van der Waals surface area contributed by atoms with Crippen molar-refractivity contribution in [2.24, 2.45) is 0 Å². The molecule has 2 rings (SSSR count). The largest absolute Gasteiger partial charge is 0.504 e. The van der Waals surface area contributed by atoms with Gasteiger partial charge in [-0.2, -0.15) is 0 Å². The minimum atomic E-state index is -0.124. The number of carbonyl (C=O) groups is 1. The molecule has 4 heteroatoms. The lowest BCUT2D eigenvalue weighted by Gasteiger charge is -2.16. The highest BCUT2D eigenvalue weighted by molar-refractivity contribution is 5.85. The summed E-state index contributed by atoms with van der Waals surface area (Å²) in [6.45, 7) is 0.787. The smallest absolute Gasteiger partial charge is 0.168 e. The minimum absolute atomic E-state index is 0.124. The second kappa shape index (κ2) is 6.41. The van der Waals surface area contributed by atoms with Crippen LogP contribution < -0.4 is 4.74 Å². The van der Waals surface area contributed by atoms with Gasteiger partial charge in [-0.1, -0.05) is 24.3 Å². The van der Waals surface area contributed by atoms with Gasteiger partial charge >= 0.3 is 0 Å². The molecule has 0 spiro atoms. The monoisotopic (exact) mass is 285 g/mol. The van der Waals surface area contributed by atoms with E-state index in [2.05, 4.69) is 11.0 Å². The summed E-state index contributed by atoms with van der Waals surface area (Å²) in [6, 6.07) is 11.4. The number of nitrogens with zero attached hydrogens (tertiary/aromatic N) is 1. The Bertz CT molecular complexity index is 650. The van der Waals surface area contributed by atoms with Gasteiger partial charge in [0, 0.05) is 6.54 Å². The number of ether oxygens (including phenoxy) is 1. The zero-order valence-corrected chi connectivity index (χ0v) is 12.5. The van der Waals surface area contributed by atoms with Crippen LogP contribution in [0.15, 0.2) is 36.4 Å². The van der Waals surface area contributed by atoms with Gasteiger partial charge < -0.3 is 14.7 Å². The van der Waals surface area contributed by atoms with Crippen molar-refractivity contribution in [1.82, 2.24) is 4.90 Å². The first-order chi connectivity index (χ1) is 10.1. The number of carbonyl (C=O) groups excluding carboxylic acids is 1. The summed E-state index contributed by atoms with van der Waals surface area (Å²) < 4.78 is 5.15. The highest BCUT2D eigenvalue weighted by Gasteiger charge is 2.13. The summed E-state index contributed by atoms with van der Waals surface area (Å²) >= 11 is 0. The summed E-state index contributed by atoms with van der Waals surface area (Å²) in [4.78, 5) is 13.2. The van der Waals surface area contributed by atoms with Crippen molar-refractivity contribution in [2.45, 2.75) is 6.54 Å². The van der Waals surface area contributed by atoms with Gasteiger partial charge in [0.25, 0.3) is 0 Å². The lowest BCUT2D eigenvalue weighted by molar-refractivity contribution is 0.112. The lowest BCUT2D eigenvalue weighted by Crippen LogP contribution is -2.11. The number of aldehydes is 1. The highest BCUT2D eigenvalue weighted by atomic mass is 16.5. The van der Waals surface area contributed by atoms with E-state index in [1.165, 1.54) is 7.11 Å². The Hall–Kier alpha value is -2.33. The van der Waals surface area contributed by atoms with Gasteiger partial charge in [0.15, 0.2) is 17.8 Å². The quantitative estimate of drug-likeness (QED) is 0.858. The van der Waals surface area contributed by atoms with Crippen molar-refractivity contribution in [2.75, 3.05) is 21.2 Å². The van der Waals surface area contributed by atoms with Crippen LogP contribution in [-0.2, 0) is 6.54 Å². The third-order valence-electron chi connectivity index (χ3n) is 3.27. The van der Waals surface area contributed by atoms with Crippen molar-refractivity contribution >= 4 is 6.29 Å². The number of phenolic OH excluding ortho intramolecular Hbond substituents is 1. The van der Waals surface area contributed by atoms with Crippen molar-refractivity contribution in [1.29, 1.82) is 0 Å². The molecule has 0 heterocycles. The topological polar surface area (TPSA) is 49.8 Å². The fourth-order valence-corrected chi connectivity index (χ4v) is 2.31. The fourth-order valence-electron chi connectivity index (χ4n) is 2.31. The van der Waals surface area contributed by atoms with Gasteiger partial charge in [0.05, 0.1) is 12.7 Å². The Morgan fingerprint density at radius 2 is 1.95 bits per heavy atom. The summed E-state index contributed by atoms with van der Waals surface area (Å²) in [7, 11) is 5.48. The molecule has 0 atom stereocenters. The normalized spacial score (nSPS) is 10.7. The van der Waals surface area contributed by atoms with Crippen molar-refractivity contribution in [3.8, 4) is 22.6 Å². The van der Waals surface area contributed by atoms with E-state index in [1.807, 2.05) is 32.3 Å². The van der Waals surface area contributed by atoms with Crippen LogP contribution in [0.1, 0.15) is 15.9 Å². The van der Waals surface area contributed by atoms with Crippen molar-refractivity contribution in [3.63, 3.8) is 0 Å². The SMILES string of the molecule is COc1cc(-c2ccccc2CN(C)C)cc(C=O)c1O. The fraction of sp³-hybridized carbons (Fsp3) is 0.235. The Morgan fingerprint density at radius 3 is 2.57 bits per heavy atom. The van der Waals surface area contributed by atoms with Crippen LogP contribution in [-0.4, -0.2) is 37.5 Å². The molecule has 0 radical (unpaired) electrons. The van der Waals surface area contributed by atoms with Crippen LogP contribution in [0.2, 0.25) is 0 Å². The van der Waals surface area contributed by atoms with E-state index in [-0.39, 0.29) is 11.3 Å². The first kappa shape index (κ1) is 15.1. The molecule has 4 nitrogen and oxygen atoms in total. The van der Waals surface area contributed by atoms with Crippen LogP contribution in [0.25, 0.3) is 11.1 Å². The second-order valence-electron chi connectivity index (χ2n) is 5.13. The van der Waals surface area contributed by atoms with Crippen LogP contribution in [0.4, 0.5) is 0 Å². The molecule has 0 aliphatic rings. The summed E-state index contributed by atoms with van der Waals surface area (Å²) in [5.74, 6) is 0.176. The number of hydrogen-bond acceptors (Lipinski definition) is 4. The predicted octanol–water partition coefficient (Wildman–Crippen LogP) is 2.94. The number of aromatic hydroxyl groups is 1. The van der Waals surface area contributed by atoms with Crippen LogP contribution in [0, 0.1) is 0 Å². The minimum Gasteiger partial charge on any atom is -0.504 e. The maximum atomic E-state index is 11.1. The molecule has 0 unspecified atom stereocenters. The molecule has 0 aliphatic carbocycles. The Morgan fingerprint density at radius 1 is 1.24 bits per heavy atom. The van der Waals surface area contributed by atoms with E-state index >= 15 is 0 Å². The molecule has 2 aromatic rings. The van der Waals surface area contributed by atoms with Gasteiger partial charge in [0.2, 0.25) is 0 Å². The number of rotatable bonds is 5. The van der Waals surface area contributed by atoms with Crippen LogP contribution in [0.5, 0.6) is 11.5 Å². The number of phenols is 1. The molecule has 2 aromatic carbocycles. The molecule has 0 aliphatic heterocycles. The molecular weight excluding hydrogens is 266 g/mol. The lowest BCUT2D eigenvalue weighted by atomic mass is 9.97. The average molecular weight is 285 g/mol. The third-order valence-corrected chi connectivity index (χ3v) is 3.27. The number of hydrogen-bond donors (Lipinski definition) is 1. The summed E-state index contributed by atoms with van der Waals surface area (Å²) in [5.41, 5.74) is 3.24. The Balaban J connectivity index is 2.59. The summed E-state index contributed by atoms with van der Waals surface area (Å²) in [5, 5.41) is 9.91. The molecule has 0 bridgehead atoms. The molecular formula is C17H19NO3. The van der Waals surface area contributed by atoms with Crippen LogP contribution >= 0.6 is 0 Å². The molecule has 1 N–H and O–H groups in total. The molecule has 110 valence electrons. The zero-order chi connectivity index (χ0) is 15.4. The zero-order valence-electron chi connectivity index (χ0n) is 12.5. The van der Waals surface area contributed by atoms with Gasteiger partial charge in [-0.05, 0) is 42.9 Å². The standard InChI is InChI=1S/C17H19NO3/c1-18(2)10-12-6-4-5-7-15(12)13-8-14(11-19)17(20)16(9-13)21-3/h4-9,11,20H,10H2,1-3H3. The second-order valence-corrected chi connectivity index (χ2v) is 5.13. The van der Waals surface area contributed by atoms with E-state index in [0.29, 0.717) is 12.0 Å². The number of benzene rings is 2. The van der Waals surface area contributed by atoms with E-state index in [0.717, 1.165) is 23.2 Å². The maximum Gasteiger partial charge on any atom is 0.168 e. The summed E-state index contributed by atoms with van der Waals surface area (Å²) in [6.07, 6.45) is 0.635. The van der Waals surface area contributed by atoms with E-state index in [4.69, 9.17) is 4.74 Å². The Kier molecular flexibility index (Phi) is 4.60. The van der Waals surface area contributed by atoms with Gasteiger partial charge in [-0.25, -0.2) is 0 Å². The molecule has 21 heavy (non-hydrogen) atoms. The molecule has 0 saturated heterocycles. The number of methoxy groups -OCH3 is 1. The van der Waals surface area contributed by atoms with E-state index in [1.54, 1.807) is 12.1 Å². The highest BCUT2D eigenvalue weighted by Crippen LogP contribution is 2.35. The van der Waals surface area contributed by atoms with Crippen molar-refractivity contribution in [3.05, 3.63) is 47.5 Å². The maximum absolute atomic E-state index is 11.1. The van der Waals surface area contributed by atoms with Crippen molar-refractivity contribution < 1.29 is 14.6 Å². The third kappa shape index (κ3) is 3.23. The van der Waals surface area contributed by atoms with Gasteiger partial charge in [-0.15, -0.1) is 0 Å². The van der Waals surface area contributed by atoms with E-state index < -0.39 is 0 Å². The first-order valence-corrected chi connectivity index (χ1v) is 6.66.